The molecule has 0 saturated carbocycles. The van der Waals surface area contributed by atoms with Crippen molar-refractivity contribution in [1.82, 2.24) is 20.2 Å². The Morgan fingerprint density at radius 1 is 1.25 bits per heavy atom. The van der Waals surface area contributed by atoms with E-state index in [1.807, 2.05) is 12.1 Å². The zero-order valence-electron chi connectivity index (χ0n) is 11.6. The van der Waals surface area contributed by atoms with E-state index in [1.165, 1.54) is 35.8 Å². The highest BCUT2D eigenvalue weighted by molar-refractivity contribution is 5.90. The maximum absolute atomic E-state index is 11.7. The average molecular weight is 273 g/mol. The SMILES string of the molecule is CCCCCc1ccc(NC(=O)Cn2cnnn2)cc1. The number of carbonyl (C=O) groups excluding carboxylic acids is 1. The van der Waals surface area contributed by atoms with Gasteiger partial charge in [-0.3, -0.25) is 4.79 Å². The van der Waals surface area contributed by atoms with E-state index in [0.29, 0.717) is 0 Å². The highest BCUT2D eigenvalue weighted by Crippen LogP contribution is 2.12. The van der Waals surface area contributed by atoms with Crippen molar-refractivity contribution in [3.63, 3.8) is 0 Å². The number of unbranched alkanes of at least 4 members (excludes halogenated alkanes) is 2. The minimum absolute atomic E-state index is 0.116. The van der Waals surface area contributed by atoms with Gasteiger partial charge in [0.1, 0.15) is 12.9 Å². The van der Waals surface area contributed by atoms with E-state index in [2.05, 4.69) is 39.9 Å². The van der Waals surface area contributed by atoms with Crippen LogP contribution in [-0.2, 0) is 17.8 Å². The Morgan fingerprint density at radius 2 is 2.05 bits per heavy atom. The van der Waals surface area contributed by atoms with Gasteiger partial charge >= 0.3 is 0 Å². The van der Waals surface area contributed by atoms with Crippen LogP contribution in [0.25, 0.3) is 0 Å². The molecule has 0 unspecified atom stereocenters. The van der Waals surface area contributed by atoms with E-state index in [0.717, 1.165) is 12.1 Å². The van der Waals surface area contributed by atoms with Crippen LogP contribution in [0, 0.1) is 0 Å². The second-order valence-corrected chi connectivity index (χ2v) is 4.71. The topological polar surface area (TPSA) is 72.7 Å². The normalized spacial score (nSPS) is 10.4. The van der Waals surface area contributed by atoms with Gasteiger partial charge < -0.3 is 5.32 Å². The van der Waals surface area contributed by atoms with Crippen molar-refractivity contribution in [2.75, 3.05) is 5.32 Å². The number of aryl methyl sites for hydroxylation is 1. The van der Waals surface area contributed by atoms with Crippen LogP contribution in [0.3, 0.4) is 0 Å². The van der Waals surface area contributed by atoms with Crippen LogP contribution in [0.2, 0.25) is 0 Å². The standard InChI is InChI=1S/C14H19N5O/c1-2-3-4-5-12-6-8-13(9-7-12)16-14(20)10-19-11-15-17-18-19/h6-9,11H,2-5,10H2,1H3,(H,16,20). The summed E-state index contributed by atoms with van der Waals surface area (Å²) in [4.78, 5) is 11.7. The first-order valence-corrected chi connectivity index (χ1v) is 6.87. The van der Waals surface area contributed by atoms with Gasteiger partial charge in [-0.25, -0.2) is 4.68 Å². The van der Waals surface area contributed by atoms with E-state index in [1.54, 1.807) is 0 Å². The van der Waals surface area contributed by atoms with Crippen LogP contribution in [0.4, 0.5) is 5.69 Å². The van der Waals surface area contributed by atoms with Crippen LogP contribution < -0.4 is 5.32 Å². The van der Waals surface area contributed by atoms with Crippen molar-refractivity contribution in [3.05, 3.63) is 36.2 Å². The molecule has 1 heterocycles. The fraction of sp³-hybridized carbons (Fsp3) is 0.429. The smallest absolute Gasteiger partial charge is 0.246 e. The molecule has 1 amide bonds. The summed E-state index contributed by atoms with van der Waals surface area (Å²) < 4.78 is 1.38. The number of tetrazole rings is 1. The van der Waals surface area contributed by atoms with Gasteiger partial charge in [0, 0.05) is 5.69 Å². The van der Waals surface area contributed by atoms with Gasteiger partial charge in [-0.05, 0) is 41.0 Å². The number of aromatic nitrogens is 4. The molecule has 106 valence electrons. The van der Waals surface area contributed by atoms with Crippen molar-refractivity contribution < 1.29 is 4.79 Å². The number of benzene rings is 1. The van der Waals surface area contributed by atoms with Crippen molar-refractivity contribution in [2.24, 2.45) is 0 Å². The molecule has 20 heavy (non-hydrogen) atoms. The molecule has 0 aliphatic rings. The molecule has 1 aromatic carbocycles. The summed E-state index contributed by atoms with van der Waals surface area (Å²) in [7, 11) is 0. The van der Waals surface area contributed by atoms with Crippen molar-refractivity contribution >= 4 is 11.6 Å². The van der Waals surface area contributed by atoms with E-state index in [-0.39, 0.29) is 12.5 Å². The minimum atomic E-state index is -0.143. The largest absolute Gasteiger partial charge is 0.324 e. The lowest BCUT2D eigenvalue weighted by Gasteiger charge is -2.06. The Bertz CT molecular complexity index is 521. The third-order valence-electron chi connectivity index (χ3n) is 3.00. The molecule has 2 rings (SSSR count). The maximum atomic E-state index is 11.7. The van der Waals surface area contributed by atoms with Crippen LogP contribution in [0.15, 0.2) is 30.6 Å². The molecule has 2 aromatic rings. The van der Waals surface area contributed by atoms with Crippen LogP contribution in [-0.4, -0.2) is 26.1 Å². The second kappa shape index (κ2) is 7.37. The predicted octanol–water partition coefficient (Wildman–Crippen LogP) is 2.04. The summed E-state index contributed by atoms with van der Waals surface area (Å²) in [6.07, 6.45) is 6.19. The van der Waals surface area contributed by atoms with Gasteiger partial charge in [0.15, 0.2) is 0 Å². The van der Waals surface area contributed by atoms with Gasteiger partial charge in [-0.15, -0.1) is 5.10 Å². The molecule has 0 radical (unpaired) electrons. The molecule has 0 aliphatic heterocycles. The van der Waals surface area contributed by atoms with Crippen LogP contribution >= 0.6 is 0 Å². The number of carbonyl (C=O) groups is 1. The number of hydrogen-bond acceptors (Lipinski definition) is 4. The monoisotopic (exact) mass is 273 g/mol. The zero-order valence-corrected chi connectivity index (χ0v) is 11.6. The zero-order chi connectivity index (χ0) is 14.2. The summed E-state index contributed by atoms with van der Waals surface area (Å²) >= 11 is 0. The lowest BCUT2D eigenvalue weighted by Crippen LogP contribution is -2.19. The molecule has 1 aromatic heterocycles. The highest BCUT2D eigenvalue weighted by atomic mass is 16.2. The average Bonchev–Trinajstić information content (AvgIpc) is 2.94. The van der Waals surface area contributed by atoms with E-state index < -0.39 is 0 Å². The lowest BCUT2D eigenvalue weighted by atomic mass is 10.1. The lowest BCUT2D eigenvalue weighted by molar-refractivity contribution is -0.116. The predicted molar refractivity (Wildman–Crippen MR) is 76.1 cm³/mol. The molecule has 0 bridgehead atoms. The molecule has 6 nitrogen and oxygen atoms in total. The molecular weight excluding hydrogens is 254 g/mol. The van der Waals surface area contributed by atoms with Crippen molar-refractivity contribution in [3.8, 4) is 0 Å². The van der Waals surface area contributed by atoms with Gasteiger partial charge in [0.25, 0.3) is 0 Å². The minimum Gasteiger partial charge on any atom is -0.324 e. The molecule has 0 spiro atoms. The molecule has 0 fully saturated rings. The van der Waals surface area contributed by atoms with Crippen LogP contribution in [0.5, 0.6) is 0 Å². The summed E-state index contributed by atoms with van der Waals surface area (Å²) in [6.45, 7) is 2.31. The number of nitrogens with one attached hydrogen (secondary N) is 1. The Balaban J connectivity index is 1.82. The fourth-order valence-electron chi connectivity index (χ4n) is 1.93. The number of hydrogen-bond donors (Lipinski definition) is 1. The highest BCUT2D eigenvalue weighted by Gasteiger charge is 2.04. The Hall–Kier alpha value is -2.24. The van der Waals surface area contributed by atoms with Crippen molar-refractivity contribution in [2.45, 2.75) is 39.2 Å². The van der Waals surface area contributed by atoms with Gasteiger partial charge in [-0.2, -0.15) is 0 Å². The first-order valence-electron chi connectivity index (χ1n) is 6.87. The first-order chi connectivity index (χ1) is 9.78. The fourth-order valence-corrected chi connectivity index (χ4v) is 1.93. The number of amides is 1. The summed E-state index contributed by atoms with van der Waals surface area (Å²) in [5.74, 6) is -0.143. The quantitative estimate of drug-likeness (QED) is 0.784. The van der Waals surface area contributed by atoms with Gasteiger partial charge in [-0.1, -0.05) is 31.9 Å². The third kappa shape index (κ3) is 4.46. The molecule has 0 saturated heterocycles. The molecule has 6 heteroatoms. The molecule has 0 atom stereocenters. The van der Waals surface area contributed by atoms with E-state index >= 15 is 0 Å². The number of nitrogens with zero attached hydrogens (tertiary/aromatic N) is 4. The summed E-state index contributed by atoms with van der Waals surface area (Å²) in [6, 6.07) is 7.97. The summed E-state index contributed by atoms with van der Waals surface area (Å²) in [5.41, 5.74) is 2.10. The molecular formula is C14H19N5O. The molecule has 0 aliphatic carbocycles. The second-order valence-electron chi connectivity index (χ2n) is 4.71. The third-order valence-corrected chi connectivity index (χ3v) is 3.00. The summed E-state index contributed by atoms with van der Waals surface area (Å²) in [5, 5.41) is 13.4. The van der Waals surface area contributed by atoms with Gasteiger partial charge in [0.05, 0.1) is 0 Å². The van der Waals surface area contributed by atoms with E-state index in [9.17, 15) is 4.79 Å². The maximum Gasteiger partial charge on any atom is 0.246 e. The van der Waals surface area contributed by atoms with Gasteiger partial charge in [0.2, 0.25) is 5.91 Å². The van der Waals surface area contributed by atoms with E-state index in [4.69, 9.17) is 0 Å². The Kier molecular flexibility index (Phi) is 5.23. The first kappa shape index (κ1) is 14.2. The Labute approximate surface area is 118 Å². The van der Waals surface area contributed by atoms with Crippen LogP contribution in [0.1, 0.15) is 31.7 Å². The van der Waals surface area contributed by atoms with Crippen molar-refractivity contribution in [1.29, 1.82) is 0 Å². The number of rotatable bonds is 7. The molecule has 1 N–H and O–H groups in total. The Morgan fingerprint density at radius 3 is 2.70 bits per heavy atom. The number of anilines is 1.